The van der Waals surface area contributed by atoms with Crippen LogP contribution >= 0.6 is 0 Å². The average molecular weight is 747 g/mol. The molecule has 1 aromatic heterocycles. The number of carbonyl (C=O) groups is 5. The monoisotopic (exact) mass is 746 g/mol. The van der Waals surface area contributed by atoms with Crippen LogP contribution in [-0.2, 0) is 16.0 Å². The summed E-state index contributed by atoms with van der Waals surface area (Å²) in [6.45, 7) is 6.66. The van der Waals surface area contributed by atoms with Gasteiger partial charge in [-0.25, -0.2) is 9.97 Å². The van der Waals surface area contributed by atoms with Crippen molar-refractivity contribution in [2.45, 2.75) is 63.7 Å². The van der Waals surface area contributed by atoms with E-state index in [1.165, 1.54) is 5.56 Å². The number of primary amides is 1. The lowest BCUT2D eigenvalue weighted by Gasteiger charge is -2.34. The standard InChI is InChI=1S/C43H50N6O6/c44-43(55)40-36(46-38(22-45-40)48-16-9-27(25-50)10-17-48)19-26-1-3-29(4-2-26)30-12-14-47(15-13-30)23-28-11-18-49(24-28)31-5-7-33-35(20-31)42(54)39(41(33)53)34-8-6-32(51)21-37(34)52/h1-5,7,20,22,27-28,30,34,39,50H,6,8-19,21,23-25H2,(H2,44,55)/t28-,34?,39?/m0/s1. The predicted molar refractivity (Wildman–Crippen MR) is 207 cm³/mol. The van der Waals surface area contributed by atoms with Gasteiger partial charge in [-0.1, -0.05) is 24.3 Å². The zero-order valence-electron chi connectivity index (χ0n) is 31.3. The van der Waals surface area contributed by atoms with Crippen LogP contribution in [0.15, 0.2) is 48.7 Å². The molecule has 3 atom stereocenters. The molecule has 8 rings (SSSR count). The Hall–Kier alpha value is -4.81. The van der Waals surface area contributed by atoms with E-state index in [4.69, 9.17) is 10.7 Å². The molecule has 3 aromatic rings. The number of benzene rings is 2. The van der Waals surface area contributed by atoms with Crippen LogP contribution in [0.4, 0.5) is 11.5 Å². The molecule has 1 amide bonds. The van der Waals surface area contributed by atoms with Gasteiger partial charge < -0.3 is 25.5 Å². The molecule has 2 aromatic carbocycles. The summed E-state index contributed by atoms with van der Waals surface area (Å²) >= 11 is 0. The molecule has 3 saturated heterocycles. The third-order valence-corrected chi connectivity index (χ3v) is 12.9. The van der Waals surface area contributed by atoms with Crippen molar-refractivity contribution in [3.05, 3.63) is 82.3 Å². The van der Waals surface area contributed by atoms with Gasteiger partial charge in [-0.05, 0) is 98.7 Å². The normalized spacial score (nSPS) is 24.2. The number of carbonyl (C=O) groups excluding carboxylic acids is 5. The molecule has 0 spiro atoms. The van der Waals surface area contributed by atoms with Crippen molar-refractivity contribution >= 4 is 40.5 Å². The molecular weight excluding hydrogens is 697 g/mol. The number of Topliss-reactive ketones (excluding diaryl/α,β-unsaturated/α-hetero) is 4. The van der Waals surface area contributed by atoms with Crippen molar-refractivity contribution in [1.82, 2.24) is 14.9 Å². The molecule has 5 aliphatic rings. The van der Waals surface area contributed by atoms with Crippen molar-refractivity contribution in [2.24, 2.45) is 29.4 Å². The topological polar surface area (TPSA) is 167 Å². The summed E-state index contributed by atoms with van der Waals surface area (Å²) in [6.07, 6.45) is 7.47. The first-order chi connectivity index (χ1) is 26.6. The number of ketones is 4. The third kappa shape index (κ3) is 7.71. The summed E-state index contributed by atoms with van der Waals surface area (Å²) < 4.78 is 0. The highest BCUT2D eigenvalue weighted by Gasteiger charge is 2.47. The lowest BCUT2D eigenvalue weighted by atomic mass is 9.76. The van der Waals surface area contributed by atoms with Crippen LogP contribution in [0.25, 0.3) is 0 Å². The number of aliphatic hydroxyl groups excluding tert-OH is 1. The fourth-order valence-corrected chi connectivity index (χ4v) is 9.59. The van der Waals surface area contributed by atoms with E-state index in [1.807, 2.05) is 12.1 Å². The van der Waals surface area contributed by atoms with Crippen molar-refractivity contribution in [3.63, 3.8) is 0 Å². The lowest BCUT2D eigenvalue weighted by molar-refractivity contribution is -0.133. The number of nitrogens with two attached hydrogens (primary N) is 1. The van der Waals surface area contributed by atoms with Gasteiger partial charge in [-0.15, -0.1) is 0 Å². The second kappa shape index (κ2) is 15.7. The molecule has 2 unspecified atom stereocenters. The number of aromatic nitrogens is 2. The van der Waals surface area contributed by atoms with E-state index < -0.39 is 17.7 Å². The molecule has 55 heavy (non-hydrogen) atoms. The summed E-state index contributed by atoms with van der Waals surface area (Å²) in [6, 6.07) is 14.2. The van der Waals surface area contributed by atoms with Gasteiger partial charge in [0.2, 0.25) is 0 Å². The number of rotatable bonds is 10. The van der Waals surface area contributed by atoms with Crippen molar-refractivity contribution < 1.29 is 29.1 Å². The molecular formula is C43H50N6O6. The Morgan fingerprint density at radius 1 is 0.818 bits per heavy atom. The number of amides is 1. The smallest absolute Gasteiger partial charge is 0.269 e. The van der Waals surface area contributed by atoms with Crippen LogP contribution in [0.3, 0.4) is 0 Å². The van der Waals surface area contributed by atoms with Crippen LogP contribution in [0.1, 0.15) is 105 Å². The fourth-order valence-electron chi connectivity index (χ4n) is 9.59. The number of aliphatic hydroxyl groups is 1. The number of hydrogen-bond donors (Lipinski definition) is 2. The van der Waals surface area contributed by atoms with Crippen LogP contribution in [0, 0.1) is 23.7 Å². The molecule has 288 valence electrons. The van der Waals surface area contributed by atoms with E-state index in [1.54, 1.807) is 12.3 Å². The Kier molecular flexibility index (Phi) is 10.6. The van der Waals surface area contributed by atoms with Crippen LogP contribution in [0.5, 0.6) is 0 Å². The molecule has 3 aliphatic heterocycles. The number of nitrogens with zero attached hydrogens (tertiary/aromatic N) is 5. The van der Waals surface area contributed by atoms with Gasteiger partial charge in [-0.3, -0.25) is 24.0 Å². The number of hydrogen-bond acceptors (Lipinski definition) is 11. The van der Waals surface area contributed by atoms with Gasteiger partial charge in [0.25, 0.3) is 5.91 Å². The third-order valence-electron chi connectivity index (χ3n) is 12.9. The Labute approximate surface area is 321 Å². The molecule has 0 radical (unpaired) electrons. The van der Waals surface area contributed by atoms with Gasteiger partial charge in [0.15, 0.2) is 11.6 Å². The first-order valence-corrected chi connectivity index (χ1v) is 20.0. The molecule has 12 nitrogen and oxygen atoms in total. The van der Waals surface area contributed by atoms with Gasteiger partial charge in [0, 0.05) is 74.9 Å². The van der Waals surface area contributed by atoms with E-state index in [9.17, 15) is 29.1 Å². The summed E-state index contributed by atoms with van der Waals surface area (Å²) in [5, 5.41) is 9.51. The minimum atomic E-state index is -0.987. The molecule has 2 aliphatic carbocycles. The Balaban J connectivity index is 0.830. The van der Waals surface area contributed by atoms with Gasteiger partial charge in [-0.2, -0.15) is 0 Å². The van der Waals surface area contributed by atoms with Crippen LogP contribution in [-0.4, -0.2) is 101 Å². The maximum Gasteiger partial charge on any atom is 0.269 e. The number of piperidine rings is 2. The Morgan fingerprint density at radius 2 is 1.53 bits per heavy atom. The molecule has 4 fully saturated rings. The lowest BCUT2D eigenvalue weighted by Crippen LogP contribution is -2.37. The Morgan fingerprint density at radius 3 is 2.24 bits per heavy atom. The molecule has 1 saturated carbocycles. The summed E-state index contributed by atoms with van der Waals surface area (Å²) in [7, 11) is 0. The second-order valence-electron chi connectivity index (χ2n) is 16.4. The largest absolute Gasteiger partial charge is 0.396 e. The summed E-state index contributed by atoms with van der Waals surface area (Å²) in [4.78, 5) is 79.5. The highest BCUT2D eigenvalue weighted by atomic mass is 16.3. The van der Waals surface area contributed by atoms with E-state index in [0.29, 0.717) is 41.0 Å². The molecule has 4 heterocycles. The van der Waals surface area contributed by atoms with E-state index >= 15 is 0 Å². The zero-order valence-corrected chi connectivity index (χ0v) is 31.3. The van der Waals surface area contributed by atoms with Crippen molar-refractivity contribution in [3.8, 4) is 0 Å². The number of likely N-dealkylation sites (tertiary alicyclic amines) is 1. The molecule has 0 bridgehead atoms. The summed E-state index contributed by atoms with van der Waals surface area (Å²) in [5.41, 5.74) is 10.6. The van der Waals surface area contributed by atoms with Crippen molar-refractivity contribution in [2.75, 3.05) is 62.2 Å². The van der Waals surface area contributed by atoms with E-state index in [-0.39, 0.29) is 54.7 Å². The van der Waals surface area contributed by atoms with Crippen LogP contribution in [0.2, 0.25) is 0 Å². The number of anilines is 2. The highest BCUT2D eigenvalue weighted by molar-refractivity contribution is 6.28. The minimum absolute atomic E-state index is 0.113. The minimum Gasteiger partial charge on any atom is -0.396 e. The maximum atomic E-state index is 13.4. The quantitative estimate of drug-likeness (QED) is 0.288. The predicted octanol–water partition coefficient (Wildman–Crippen LogP) is 4.01. The SMILES string of the molecule is NC(=O)c1ncc(N2CCC(CO)CC2)nc1Cc1ccc(C2CCN(C[C@@H]3CCN(c4ccc5c(c4)C(=O)C(C4CCC(=O)CC4=O)C5=O)C3)CC2)cc1. The first kappa shape index (κ1) is 37.1. The second-order valence-corrected chi connectivity index (χ2v) is 16.4. The van der Waals surface area contributed by atoms with Crippen LogP contribution < -0.4 is 15.5 Å². The highest BCUT2D eigenvalue weighted by Crippen LogP contribution is 2.39. The first-order valence-electron chi connectivity index (χ1n) is 20.0. The maximum absolute atomic E-state index is 13.4. The Bertz CT molecular complexity index is 1980. The molecule has 3 N–H and O–H groups in total. The zero-order chi connectivity index (χ0) is 38.2. The van der Waals surface area contributed by atoms with Crippen molar-refractivity contribution in [1.29, 1.82) is 0 Å². The fraction of sp³-hybridized carbons (Fsp3) is 0.512. The van der Waals surface area contributed by atoms with Gasteiger partial charge in [0.05, 0.1) is 24.2 Å². The van der Waals surface area contributed by atoms with Gasteiger partial charge >= 0.3 is 0 Å². The molecule has 12 heteroatoms. The van der Waals surface area contributed by atoms with E-state index in [0.717, 1.165) is 95.0 Å². The number of fused-ring (bicyclic) bond motifs is 1. The van der Waals surface area contributed by atoms with Gasteiger partial charge in [0.1, 0.15) is 23.1 Å². The van der Waals surface area contributed by atoms with E-state index in [2.05, 4.69) is 43.9 Å². The average Bonchev–Trinajstić information content (AvgIpc) is 3.76. The summed E-state index contributed by atoms with van der Waals surface area (Å²) in [5.74, 6) is -1.16.